The van der Waals surface area contributed by atoms with Crippen LogP contribution in [0.1, 0.15) is 5.56 Å². The fourth-order valence-corrected chi connectivity index (χ4v) is 1.28. The molecule has 0 aliphatic rings. The van der Waals surface area contributed by atoms with Gasteiger partial charge in [0.05, 0.1) is 32.0 Å². The smallest absolute Gasteiger partial charge is 0.0886 e. The highest BCUT2D eigenvalue weighted by Gasteiger charge is 2.16. The van der Waals surface area contributed by atoms with Crippen LogP contribution in [-0.4, -0.2) is 35.6 Å². The molecule has 2 atom stereocenters. The second-order valence-corrected chi connectivity index (χ2v) is 3.52. The van der Waals surface area contributed by atoms with Crippen LogP contribution in [0.15, 0.2) is 35.4 Å². The Morgan fingerprint density at radius 2 is 2.06 bits per heavy atom. The van der Waals surface area contributed by atoms with Gasteiger partial charge in [0.25, 0.3) is 0 Å². The Kier molecular flexibility index (Phi) is 6.06. The van der Waals surface area contributed by atoms with Crippen LogP contribution in [0.25, 0.3) is 10.4 Å². The minimum Gasteiger partial charge on any atom is -0.396 e. The maximum absolute atomic E-state index is 9.57. The zero-order valence-corrected chi connectivity index (χ0v) is 9.31. The molecule has 6 heteroatoms. The van der Waals surface area contributed by atoms with Gasteiger partial charge in [-0.25, -0.2) is 0 Å². The molecular formula is C11H15N3O3. The van der Waals surface area contributed by atoms with Crippen LogP contribution in [0.4, 0.5) is 0 Å². The third-order valence-electron chi connectivity index (χ3n) is 2.23. The molecule has 0 heterocycles. The molecule has 0 saturated heterocycles. The highest BCUT2D eigenvalue weighted by Crippen LogP contribution is 2.04. The van der Waals surface area contributed by atoms with E-state index < -0.39 is 18.8 Å². The monoisotopic (exact) mass is 237 g/mol. The molecule has 1 rings (SSSR count). The SMILES string of the molecule is [N-]=[N+]=N[C@@H](CO)[C@H](O)COCc1ccccc1. The zero-order chi connectivity index (χ0) is 12.5. The maximum Gasteiger partial charge on any atom is 0.0886 e. The Hall–Kier alpha value is -1.59. The van der Waals surface area contributed by atoms with E-state index in [0.717, 1.165) is 5.56 Å². The summed E-state index contributed by atoms with van der Waals surface area (Å²) in [5.74, 6) is 0. The van der Waals surface area contributed by atoms with Crippen molar-refractivity contribution < 1.29 is 14.9 Å². The van der Waals surface area contributed by atoms with Gasteiger partial charge in [-0.15, -0.1) is 0 Å². The summed E-state index contributed by atoms with van der Waals surface area (Å²) >= 11 is 0. The number of benzene rings is 1. The summed E-state index contributed by atoms with van der Waals surface area (Å²) in [6.07, 6.45) is -1.00. The molecule has 0 amide bonds. The molecule has 2 N–H and O–H groups in total. The van der Waals surface area contributed by atoms with E-state index in [0.29, 0.717) is 6.61 Å². The standard InChI is InChI=1S/C11H15N3O3/c12-14-13-10(6-15)11(16)8-17-7-9-4-2-1-3-5-9/h1-5,10-11,15-16H,6-8H2/t10-,11+/m0/s1. The maximum atomic E-state index is 9.57. The topological polar surface area (TPSA) is 98.5 Å². The number of hydrogen-bond donors (Lipinski definition) is 2. The molecule has 0 saturated carbocycles. The van der Waals surface area contributed by atoms with Gasteiger partial charge in [0.15, 0.2) is 0 Å². The summed E-state index contributed by atoms with van der Waals surface area (Å²) in [6.45, 7) is -0.0224. The summed E-state index contributed by atoms with van der Waals surface area (Å²) in [5, 5.41) is 21.7. The minimum absolute atomic E-state index is 0.0130. The van der Waals surface area contributed by atoms with Gasteiger partial charge < -0.3 is 14.9 Å². The van der Waals surface area contributed by atoms with Crippen molar-refractivity contribution >= 4 is 0 Å². The molecule has 0 unspecified atom stereocenters. The molecule has 0 aromatic heterocycles. The lowest BCUT2D eigenvalue weighted by Crippen LogP contribution is -2.31. The first kappa shape index (κ1) is 13.5. The van der Waals surface area contributed by atoms with E-state index in [2.05, 4.69) is 10.0 Å². The van der Waals surface area contributed by atoms with Crippen LogP contribution in [0.2, 0.25) is 0 Å². The van der Waals surface area contributed by atoms with Crippen molar-refractivity contribution in [1.82, 2.24) is 0 Å². The Labute approximate surface area is 99.1 Å². The second-order valence-electron chi connectivity index (χ2n) is 3.52. The highest BCUT2D eigenvalue weighted by molar-refractivity contribution is 5.13. The number of rotatable bonds is 7. The minimum atomic E-state index is -1.00. The van der Waals surface area contributed by atoms with E-state index in [-0.39, 0.29) is 6.61 Å². The van der Waals surface area contributed by atoms with E-state index in [1.807, 2.05) is 30.3 Å². The Bertz CT molecular complexity index is 365. The summed E-state index contributed by atoms with van der Waals surface area (Å²) < 4.78 is 5.27. The first-order valence-corrected chi connectivity index (χ1v) is 5.22. The summed E-state index contributed by atoms with van der Waals surface area (Å²) in [6, 6.07) is 8.64. The Morgan fingerprint density at radius 1 is 1.35 bits per heavy atom. The second kappa shape index (κ2) is 7.65. The molecule has 92 valence electrons. The first-order valence-electron chi connectivity index (χ1n) is 5.22. The van der Waals surface area contributed by atoms with Crippen LogP contribution in [0.5, 0.6) is 0 Å². The molecule has 1 aromatic rings. The summed E-state index contributed by atoms with van der Waals surface area (Å²) in [4.78, 5) is 2.54. The van der Waals surface area contributed by atoms with Gasteiger partial charge in [-0.05, 0) is 11.1 Å². The molecular weight excluding hydrogens is 222 g/mol. The molecule has 0 fully saturated rings. The molecule has 17 heavy (non-hydrogen) atoms. The van der Waals surface area contributed by atoms with E-state index in [1.165, 1.54) is 0 Å². The van der Waals surface area contributed by atoms with Crippen molar-refractivity contribution in [2.24, 2.45) is 5.11 Å². The van der Waals surface area contributed by atoms with Gasteiger partial charge in [-0.1, -0.05) is 35.4 Å². The number of aliphatic hydroxyl groups excluding tert-OH is 2. The predicted molar refractivity (Wildman–Crippen MR) is 62.1 cm³/mol. The number of ether oxygens (including phenoxy) is 1. The van der Waals surface area contributed by atoms with Crippen LogP contribution in [0.3, 0.4) is 0 Å². The first-order chi connectivity index (χ1) is 8.27. The van der Waals surface area contributed by atoms with E-state index >= 15 is 0 Å². The lowest BCUT2D eigenvalue weighted by atomic mass is 10.2. The van der Waals surface area contributed by atoms with Crippen molar-refractivity contribution in [3.05, 3.63) is 46.3 Å². The number of nitrogens with zero attached hydrogens (tertiary/aromatic N) is 3. The summed E-state index contributed by atoms with van der Waals surface area (Å²) in [5.41, 5.74) is 9.21. The molecule has 0 aliphatic carbocycles. The van der Waals surface area contributed by atoms with Crippen LogP contribution in [-0.2, 0) is 11.3 Å². The molecule has 0 bridgehead atoms. The fourth-order valence-electron chi connectivity index (χ4n) is 1.28. The normalized spacial score (nSPS) is 13.8. The largest absolute Gasteiger partial charge is 0.396 e. The number of aliphatic hydroxyl groups is 2. The van der Waals surface area contributed by atoms with Crippen molar-refractivity contribution in [1.29, 1.82) is 0 Å². The lowest BCUT2D eigenvalue weighted by Gasteiger charge is -2.16. The van der Waals surface area contributed by atoms with E-state index in [1.54, 1.807) is 0 Å². The third-order valence-corrected chi connectivity index (χ3v) is 2.23. The highest BCUT2D eigenvalue weighted by atomic mass is 16.5. The van der Waals surface area contributed by atoms with Crippen LogP contribution < -0.4 is 0 Å². The average Bonchev–Trinajstić information content (AvgIpc) is 2.37. The van der Waals surface area contributed by atoms with Gasteiger partial charge in [-0.3, -0.25) is 0 Å². The van der Waals surface area contributed by atoms with Gasteiger partial charge in [0.2, 0.25) is 0 Å². The van der Waals surface area contributed by atoms with Crippen LogP contribution >= 0.6 is 0 Å². The van der Waals surface area contributed by atoms with Gasteiger partial charge >= 0.3 is 0 Å². The molecule has 0 radical (unpaired) electrons. The van der Waals surface area contributed by atoms with Gasteiger partial charge in [-0.2, -0.15) is 0 Å². The number of azide groups is 1. The van der Waals surface area contributed by atoms with E-state index in [4.69, 9.17) is 15.4 Å². The fraction of sp³-hybridized carbons (Fsp3) is 0.455. The summed E-state index contributed by atoms with van der Waals surface area (Å²) in [7, 11) is 0. The molecule has 6 nitrogen and oxygen atoms in total. The van der Waals surface area contributed by atoms with Crippen molar-refractivity contribution in [3.63, 3.8) is 0 Å². The van der Waals surface area contributed by atoms with Gasteiger partial charge in [0.1, 0.15) is 0 Å². The Balaban J connectivity index is 2.33. The Morgan fingerprint density at radius 3 is 2.65 bits per heavy atom. The van der Waals surface area contributed by atoms with Crippen molar-refractivity contribution in [3.8, 4) is 0 Å². The third kappa shape index (κ3) is 4.84. The quantitative estimate of drug-likeness (QED) is 0.424. The number of hydrogen-bond acceptors (Lipinski definition) is 4. The van der Waals surface area contributed by atoms with Crippen molar-refractivity contribution in [2.45, 2.75) is 18.8 Å². The van der Waals surface area contributed by atoms with E-state index in [9.17, 15) is 5.11 Å². The average molecular weight is 237 g/mol. The lowest BCUT2D eigenvalue weighted by molar-refractivity contribution is 0.00626. The van der Waals surface area contributed by atoms with Gasteiger partial charge in [0, 0.05) is 4.91 Å². The molecule has 0 spiro atoms. The zero-order valence-electron chi connectivity index (χ0n) is 9.31. The molecule has 0 aliphatic heterocycles. The van der Waals surface area contributed by atoms with Crippen LogP contribution in [0, 0.1) is 0 Å². The predicted octanol–water partition coefficient (Wildman–Crippen LogP) is 1.24. The molecule has 1 aromatic carbocycles. The van der Waals surface area contributed by atoms with Crippen molar-refractivity contribution in [2.75, 3.05) is 13.2 Å².